The summed E-state index contributed by atoms with van der Waals surface area (Å²) < 4.78 is 32.0. The van der Waals surface area contributed by atoms with E-state index in [1.807, 2.05) is 60.7 Å². The van der Waals surface area contributed by atoms with Gasteiger partial charge in [0.25, 0.3) is 0 Å². The predicted octanol–water partition coefficient (Wildman–Crippen LogP) is 10.2. The van der Waals surface area contributed by atoms with Gasteiger partial charge in [0.05, 0.1) is 31.3 Å². The molecule has 0 amide bonds. The molecule has 5 fully saturated rings. The standard InChI is InChI=1S/C51H70O8/c1-33(52)58-43-42(56-31-35-17-13-10-14-18-35)38(55-30-34-15-11-9-12-16-34)32-57-44(43)59-45(54)51-27-25-46(2,3)29-37(51)36-19-20-40-48(6)23-22-41(53)47(4,5)39(48)21-24-50(40,8)49(36,7)26-28-51/h9-19,37-44,53H,20-32H2,1-8H3/t37-,38-,39-,40+,41-,42-,43+,44-,48-,49+,50+,51-/m0/s1. The number of allylic oxidation sites excluding steroid dienone is 2. The van der Waals surface area contributed by atoms with Gasteiger partial charge in [0, 0.05) is 6.92 Å². The van der Waals surface area contributed by atoms with Crippen molar-refractivity contribution in [2.75, 3.05) is 6.61 Å². The third-order valence-corrected chi connectivity index (χ3v) is 17.5. The molecule has 1 saturated heterocycles. The van der Waals surface area contributed by atoms with E-state index in [0.29, 0.717) is 18.4 Å². The van der Waals surface area contributed by atoms with Gasteiger partial charge in [0.1, 0.15) is 12.2 Å². The average Bonchev–Trinajstić information content (AvgIpc) is 3.19. The second-order valence-electron chi connectivity index (χ2n) is 21.5. The molecule has 2 aromatic carbocycles. The number of ether oxygens (including phenoxy) is 5. The van der Waals surface area contributed by atoms with E-state index in [1.165, 1.54) is 12.5 Å². The van der Waals surface area contributed by atoms with Crippen LogP contribution in [0.1, 0.15) is 131 Å². The van der Waals surface area contributed by atoms with Crippen LogP contribution in [-0.4, -0.2) is 54.4 Å². The smallest absolute Gasteiger partial charge is 0.315 e. The minimum absolute atomic E-state index is 0.0354. The average molecular weight is 811 g/mol. The number of rotatable bonds is 9. The largest absolute Gasteiger partial charge is 0.453 e. The number of benzene rings is 2. The molecule has 5 aliphatic carbocycles. The van der Waals surface area contributed by atoms with Crippen LogP contribution < -0.4 is 0 Å². The van der Waals surface area contributed by atoms with Crippen molar-refractivity contribution in [3.05, 3.63) is 83.4 Å². The Bertz CT molecular complexity index is 1870. The summed E-state index contributed by atoms with van der Waals surface area (Å²) >= 11 is 0. The molecule has 1 aliphatic heterocycles. The maximum absolute atomic E-state index is 15.3. The van der Waals surface area contributed by atoms with Crippen molar-refractivity contribution < 1.29 is 38.4 Å². The van der Waals surface area contributed by atoms with E-state index < -0.39 is 36.0 Å². The highest BCUT2D eigenvalue weighted by atomic mass is 16.7. The first-order chi connectivity index (χ1) is 27.9. The molecule has 2 aromatic rings. The zero-order valence-electron chi connectivity index (χ0n) is 37.0. The highest BCUT2D eigenvalue weighted by Crippen LogP contribution is 2.76. The van der Waals surface area contributed by atoms with E-state index in [1.54, 1.807) is 0 Å². The summed E-state index contributed by atoms with van der Waals surface area (Å²) in [4.78, 5) is 28.1. The Labute approximate surface area is 353 Å². The van der Waals surface area contributed by atoms with Gasteiger partial charge in [-0.05, 0) is 120 Å². The fourth-order valence-electron chi connectivity index (χ4n) is 13.9. The molecule has 8 heteroatoms. The summed E-state index contributed by atoms with van der Waals surface area (Å²) in [6, 6.07) is 19.8. The van der Waals surface area contributed by atoms with Crippen molar-refractivity contribution in [3.8, 4) is 0 Å². The fourth-order valence-corrected chi connectivity index (χ4v) is 13.9. The lowest BCUT2D eigenvalue weighted by molar-refractivity contribution is -0.289. The second-order valence-corrected chi connectivity index (χ2v) is 21.5. The molecule has 6 aliphatic rings. The van der Waals surface area contributed by atoms with Crippen molar-refractivity contribution in [2.24, 2.45) is 50.2 Å². The fraction of sp³-hybridized carbons (Fsp3) is 0.686. The SMILES string of the molecule is CC(=O)O[C@H]1[C@H](OC(=O)[C@]23CCC(C)(C)C[C@H]2C2=CC[C@@H]4[C@@]5(C)CC[C@H](O)C(C)(C)[C@@H]5CC[C@@]4(C)[C@]2(C)CC3)OC[C@H](OCc2ccccc2)[C@@H]1OCc1ccccc1. The minimum atomic E-state index is -1.15. The third kappa shape index (κ3) is 7.34. The van der Waals surface area contributed by atoms with Crippen molar-refractivity contribution in [2.45, 2.75) is 164 Å². The van der Waals surface area contributed by atoms with Crippen molar-refractivity contribution in [1.29, 1.82) is 0 Å². The number of aliphatic hydroxyl groups excluding tert-OH is 1. The van der Waals surface area contributed by atoms with E-state index in [2.05, 4.69) is 54.5 Å². The molecule has 0 radical (unpaired) electrons. The summed E-state index contributed by atoms with van der Waals surface area (Å²) in [6.07, 6.45) is 8.26. The molecule has 0 spiro atoms. The Balaban J connectivity index is 1.09. The first-order valence-electron chi connectivity index (χ1n) is 22.6. The number of hydrogen-bond acceptors (Lipinski definition) is 8. The summed E-state index contributed by atoms with van der Waals surface area (Å²) in [5, 5.41) is 11.2. The first-order valence-corrected chi connectivity index (χ1v) is 22.6. The van der Waals surface area contributed by atoms with Crippen LogP contribution in [0, 0.1) is 50.2 Å². The summed E-state index contributed by atoms with van der Waals surface area (Å²) in [5.41, 5.74) is 2.83. The van der Waals surface area contributed by atoms with Gasteiger partial charge in [-0.3, -0.25) is 9.59 Å². The number of carbonyl (C=O) groups is 2. The van der Waals surface area contributed by atoms with Crippen LogP contribution in [0.25, 0.3) is 0 Å². The summed E-state index contributed by atoms with van der Waals surface area (Å²) in [6.45, 7) is 19.0. The molecule has 0 bridgehead atoms. The molecule has 8 rings (SSSR count). The highest BCUT2D eigenvalue weighted by Gasteiger charge is 2.69. The van der Waals surface area contributed by atoms with Gasteiger partial charge >= 0.3 is 11.9 Å². The Hall–Kier alpha value is -3.04. The van der Waals surface area contributed by atoms with Crippen LogP contribution in [0.5, 0.6) is 0 Å². The van der Waals surface area contributed by atoms with Gasteiger partial charge in [0.15, 0.2) is 6.10 Å². The molecule has 12 atom stereocenters. The van der Waals surface area contributed by atoms with Crippen LogP contribution in [0.2, 0.25) is 0 Å². The lowest BCUT2D eigenvalue weighted by Crippen LogP contribution is -2.65. The van der Waals surface area contributed by atoms with Crippen molar-refractivity contribution in [1.82, 2.24) is 0 Å². The Morgan fingerprint density at radius 2 is 1.39 bits per heavy atom. The van der Waals surface area contributed by atoms with Crippen LogP contribution >= 0.6 is 0 Å². The molecule has 322 valence electrons. The molecule has 59 heavy (non-hydrogen) atoms. The van der Waals surface area contributed by atoms with Crippen LogP contribution in [0.15, 0.2) is 72.3 Å². The third-order valence-electron chi connectivity index (χ3n) is 17.5. The Morgan fingerprint density at radius 3 is 2.05 bits per heavy atom. The Morgan fingerprint density at radius 1 is 0.746 bits per heavy atom. The quantitative estimate of drug-likeness (QED) is 0.197. The zero-order valence-corrected chi connectivity index (χ0v) is 37.0. The van der Waals surface area contributed by atoms with Gasteiger partial charge in [-0.15, -0.1) is 0 Å². The molecular formula is C51H70O8. The summed E-state index contributed by atoms with van der Waals surface area (Å²) in [5.74, 6) is 0.268. The maximum atomic E-state index is 15.3. The van der Waals surface area contributed by atoms with Crippen LogP contribution in [0.3, 0.4) is 0 Å². The number of carbonyl (C=O) groups excluding carboxylic acids is 2. The lowest BCUT2D eigenvalue weighted by atomic mass is 9.33. The normalized spacial score (nSPS) is 40.9. The van der Waals surface area contributed by atoms with Gasteiger partial charge in [-0.25, -0.2) is 0 Å². The minimum Gasteiger partial charge on any atom is -0.453 e. The number of hydrogen-bond donors (Lipinski definition) is 1. The van der Waals surface area contributed by atoms with Gasteiger partial charge in [-0.1, -0.05) is 121 Å². The van der Waals surface area contributed by atoms with Gasteiger partial charge in [0.2, 0.25) is 6.29 Å². The Kier molecular flexibility index (Phi) is 11.3. The summed E-state index contributed by atoms with van der Waals surface area (Å²) in [7, 11) is 0. The first kappa shape index (κ1) is 42.6. The molecule has 1 N–H and O–H groups in total. The van der Waals surface area contributed by atoms with Crippen LogP contribution in [-0.2, 0) is 46.5 Å². The van der Waals surface area contributed by atoms with E-state index in [0.717, 1.165) is 75.3 Å². The number of fused-ring (bicyclic) bond motifs is 7. The molecule has 8 nitrogen and oxygen atoms in total. The van der Waals surface area contributed by atoms with Gasteiger partial charge in [-0.2, -0.15) is 0 Å². The van der Waals surface area contributed by atoms with Crippen molar-refractivity contribution in [3.63, 3.8) is 0 Å². The number of aliphatic hydroxyl groups is 1. The topological polar surface area (TPSA) is 101 Å². The molecule has 4 saturated carbocycles. The number of esters is 2. The molecular weight excluding hydrogens is 741 g/mol. The van der Waals surface area contributed by atoms with E-state index >= 15 is 4.79 Å². The second kappa shape index (κ2) is 15.7. The van der Waals surface area contributed by atoms with E-state index in [-0.39, 0.29) is 58.3 Å². The molecule has 1 heterocycles. The lowest BCUT2D eigenvalue weighted by Gasteiger charge is -2.71. The van der Waals surface area contributed by atoms with Crippen molar-refractivity contribution >= 4 is 11.9 Å². The van der Waals surface area contributed by atoms with E-state index in [9.17, 15) is 9.90 Å². The highest BCUT2D eigenvalue weighted by molar-refractivity contribution is 5.79. The molecule has 0 aromatic heterocycles. The monoisotopic (exact) mass is 811 g/mol. The van der Waals surface area contributed by atoms with Crippen LogP contribution in [0.4, 0.5) is 0 Å². The van der Waals surface area contributed by atoms with E-state index in [4.69, 9.17) is 23.7 Å². The zero-order chi connectivity index (χ0) is 42.0. The maximum Gasteiger partial charge on any atom is 0.315 e. The predicted molar refractivity (Wildman–Crippen MR) is 226 cm³/mol. The molecule has 0 unspecified atom stereocenters. The van der Waals surface area contributed by atoms with Gasteiger partial charge < -0.3 is 28.8 Å².